The van der Waals surface area contributed by atoms with E-state index in [1.165, 1.54) is 18.2 Å². The van der Waals surface area contributed by atoms with Crippen LogP contribution in [0.3, 0.4) is 0 Å². The SMILES string of the molecule is COc1ccc(-c2ccco2)c2[nH]cc(C(=O)N3CCN(C(=O)c4ccccc4OCCOCCOCCOCCOCCOCCNc4c([N+](=O)[O-])cccc4[N+](=O)[O-])CC3)c12. The minimum Gasteiger partial charge on any atom is -0.496 e. The summed E-state index contributed by atoms with van der Waals surface area (Å²) in [4.78, 5) is 55.2. The van der Waals surface area contributed by atoms with Crippen LogP contribution in [0.1, 0.15) is 20.7 Å². The van der Waals surface area contributed by atoms with Crippen LogP contribution in [0.5, 0.6) is 11.5 Å². The summed E-state index contributed by atoms with van der Waals surface area (Å²) in [5, 5.41) is 25.8. The number of carbonyl (C=O) groups excluding carboxylic acids is 2. The minimum absolute atomic E-state index is 0.137. The Morgan fingerprint density at radius 3 is 1.78 bits per heavy atom. The highest BCUT2D eigenvalue weighted by Gasteiger charge is 2.30. The lowest BCUT2D eigenvalue weighted by molar-refractivity contribution is -0.392. The standard InChI is InChI=1S/C43H50N6O14/c1-56-38-12-11-31(36-10-5-18-62-36)40-39(38)33(30-45-40)43(51)47-16-14-46(15-17-47)42(50)32-6-2-3-9-37(32)63-29-28-61-27-26-60-25-24-59-23-22-58-21-20-57-19-13-44-41-34(48(52)53)7-4-8-35(41)49(54)55/h2-12,18,30,44-45H,13-17,19-29H2,1H3. The van der Waals surface area contributed by atoms with E-state index in [9.17, 15) is 29.8 Å². The van der Waals surface area contributed by atoms with Crippen LogP contribution in [-0.2, 0) is 23.7 Å². The zero-order valence-corrected chi connectivity index (χ0v) is 34.8. The third kappa shape index (κ3) is 12.3. The first-order valence-electron chi connectivity index (χ1n) is 20.3. The van der Waals surface area contributed by atoms with E-state index in [1.54, 1.807) is 53.6 Å². The summed E-state index contributed by atoms with van der Waals surface area (Å²) >= 11 is 0. The number of nitro benzene ring substituents is 2. The maximum absolute atomic E-state index is 13.8. The lowest BCUT2D eigenvalue weighted by Crippen LogP contribution is -2.50. The fraction of sp³-hybridized carbons (Fsp3) is 0.395. The van der Waals surface area contributed by atoms with Gasteiger partial charge in [-0.15, -0.1) is 0 Å². The Labute approximate surface area is 362 Å². The van der Waals surface area contributed by atoms with Crippen LogP contribution >= 0.6 is 0 Å². The molecule has 0 unspecified atom stereocenters. The Bertz CT molecular complexity index is 2240. The fourth-order valence-corrected chi connectivity index (χ4v) is 6.87. The van der Waals surface area contributed by atoms with Crippen LogP contribution < -0.4 is 14.8 Å². The van der Waals surface area contributed by atoms with Crippen molar-refractivity contribution in [3.63, 3.8) is 0 Å². The van der Waals surface area contributed by atoms with Crippen molar-refractivity contribution >= 4 is 39.8 Å². The van der Waals surface area contributed by atoms with E-state index in [0.29, 0.717) is 113 Å². The molecule has 63 heavy (non-hydrogen) atoms. The second kappa shape index (κ2) is 23.6. The molecule has 3 heterocycles. The first-order valence-corrected chi connectivity index (χ1v) is 20.3. The number of nitro groups is 2. The molecule has 0 spiro atoms. The number of hydrogen-bond acceptors (Lipinski definition) is 15. The third-order valence-corrected chi connectivity index (χ3v) is 9.94. The number of ether oxygens (including phenoxy) is 7. The van der Waals surface area contributed by atoms with Crippen LogP contribution in [0, 0.1) is 20.2 Å². The van der Waals surface area contributed by atoms with Gasteiger partial charge in [0, 0.05) is 56.6 Å². The van der Waals surface area contributed by atoms with Gasteiger partial charge in [0.25, 0.3) is 23.2 Å². The molecule has 1 aliphatic heterocycles. The van der Waals surface area contributed by atoms with E-state index in [0.717, 1.165) is 11.1 Å². The quantitative estimate of drug-likeness (QED) is 0.0401. The first-order chi connectivity index (χ1) is 30.8. The third-order valence-electron chi connectivity index (χ3n) is 9.94. The number of nitrogens with one attached hydrogen (secondary N) is 2. The summed E-state index contributed by atoms with van der Waals surface area (Å²) in [5.41, 5.74) is 1.57. The number of amides is 2. The molecule has 0 bridgehead atoms. The number of nitrogens with zero attached hydrogens (tertiary/aromatic N) is 4. The van der Waals surface area contributed by atoms with Gasteiger partial charge >= 0.3 is 0 Å². The summed E-state index contributed by atoms with van der Waals surface area (Å²) < 4.78 is 44.7. The molecule has 3 aromatic carbocycles. The average Bonchev–Trinajstić information content (AvgIpc) is 4.01. The van der Waals surface area contributed by atoms with Crippen LogP contribution in [-0.4, -0.2) is 149 Å². The van der Waals surface area contributed by atoms with Crippen LogP contribution in [0.2, 0.25) is 0 Å². The molecule has 6 rings (SSSR count). The van der Waals surface area contributed by atoms with Crippen molar-refractivity contribution in [2.24, 2.45) is 0 Å². The average molecular weight is 875 g/mol. The largest absolute Gasteiger partial charge is 0.496 e. The number of piperazine rings is 1. The van der Waals surface area contributed by atoms with Gasteiger partial charge in [-0.2, -0.15) is 0 Å². The molecule has 2 amide bonds. The Balaban J connectivity index is 0.793. The highest BCUT2D eigenvalue weighted by atomic mass is 16.6. The summed E-state index contributed by atoms with van der Waals surface area (Å²) in [5.74, 6) is 1.37. The first kappa shape index (κ1) is 45.9. The molecule has 20 nitrogen and oxygen atoms in total. The number of aromatic amines is 1. The predicted octanol–water partition coefficient (Wildman–Crippen LogP) is 5.43. The lowest BCUT2D eigenvalue weighted by Gasteiger charge is -2.35. The van der Waals surface area contributed by atoms with Gasteiger partial charge < -0.3 is 57.7 Å². The van der Waals surface area contributed by atoms with Crippen molar-refractivity contribution in [1.29, 1.82) is 0 Å². The Morgan fingerprint density at radius 2 is 1.22 bits per heavy atom. The Kier molecular flexibility index (Phi) is 17.2. The zero-order chi connectivity index (χ0) is 44.4. The second-order valence-corrected chi connectivity index (χ2v) is 13.8. The van der Waals surface area contributed by atoms with Crippen LogP contribution in [0.25, 0.3) is 22.2 Å². The van der Waals surface area contributed by atoms with Gasteiger partial charge in [0.2, 0.25) is 0 Å². The van der Waals surface area contributed by atoms with Gasteiger partial charge in [-0.3, -0.25) is 29.8 Å². The minimum atomic E-state index is -0.678. The van der Waals surface area contributed by atoms with Crippen molar-refractivity contribution in [2.45, 2.75) is 0 Å². The van der Waals surface area contributed by atoms with E-state index in [-0.39, 0.29) is 55.2 Å². The molecule has 1 saturated heterocycles. The number of benzene rings is 3. The van der Waals surface area contributed by atoms with Gasteiger partial charge in [0.15, 0.2) is 5.69 Å². The van der Waals surface area contributed by atoms with Gasteiger partial charge in [-0.1, -0.05) is 12.1 Å². The molecule has 2 N–H and O–H groups in total. The normalized spacial score (nSPS) is 12.7. The maximum Gasteiger partial charge on any atom is 0.299 e. The van der Waals surface area contributed by atoms with Crippen LogP contribution in [0.4, 0.5) is 17.1 Å². The Hall–Kier alpha value is -6.58. The number of H-pyrrole nitrogens is 1. The molecule has 1 aliphatic rings. The van der Waals surface area contributed by atoms with Gasteiger partial charge in [0.05, 0.1) is 111 Å². The van der Waals surface area contributed by atoms with Crippen molar-refractivity contribution < 1.29 is 57.0 Å². The maximum atomic E-state index is 13.8. The number of methoxy groups -OCH3 is 1. The highest BCUT2D eigenvalue weighted by molar-refractivity contribution is 6.12. The number of carbonyl (C=O) groups is 2. The monoisotopic (exact) mass is 874 g/mol. The molecule has 0 saturated carbocycles. The number of para-hydroxylation sites is 2. The molecule has 20 heteroatoms. The molecule has 0 atom stereocenters. The van der Waals surface area contributed by atoms with E-state index in [2.05, 4.69) is 10.3 Å². The number of rotatable bonds is 26. The summed E-state index contributed by atoms with van der Waals surface area (Å²) in [7, 11) is 1.57. The van der Waals surface area contributed by atoms with E-state index in [4.69, 9.17) is 37.6 Å². The number of anilines is 1. The second-order valence-electron chi connectivity index (χ2n) is 13.8. The predicted molar refractivity (Wildman–Crippen MR) is 229 cm³/mol. The van der Waals surface area contributed by atoms with Gasteiger partial charge in [0.1, 0.15) is 23.9 Å². The summed E-state index contributed by atoms with van der Waals surface area (Å²) in [6.45, 7) is 5.00. The molecule has 1 fully saturated rings. The van der Waals surface area contributed by atoms with Crippen molar-refractivity contribution in [3.8, 4) is 22.8 Å². The molecule has 5 aromatic rings. The number of aromatic nitrogens is 1. The molecule has 0 radical (unpaired) electrons. The van der Waals surface area contributed by atoms with Crippen molar-refractivity contribution in [2.75, 3.05) is 118 Å². The molecular weight excluding hydrogens is 825 g/mol. The van der Waals surface area contributed by atoms with Crippen LogP contribution in [0.15, 0.2) is 83.6 Å². The zero-order valence-electron chi connectivity index (χ0n) is 34.8. The van der Waals surface area contributed by atoms with E-state index >= 15 is 0 Å². The molecule has 336 valence electrons. The fourth-order valence-electron chi connectivity index (χ4n) is 6.87. The molecular formula is C43H50N6O14. The lowest BCUT2D eigenvalue weighted by atomic mass is 10.0. The smallest absolute Gasteiger partial charge is 0.299 e. The molecule has 0 aliphatic carbocycles. The van der Waals surface area contributed by atoms with Crippen molar-refractivity contribution in [1.82, 2.24) is 14.8 Å². The summed E-state index contributed by atoms with van der Waals surface area (Å²) in [6, 6.07) is 18.1. The highest BCUT2D eigenvalue weighted by Crippen LogP contribution is 2.37. The van der Waals surface area contributed by atoms with E-state index < -0.39 is 9.85 Å². The Morgan fingerprint density at radius 1 is 0.667 bits per heavy atom. The molecule has 2 aromatic heterocycles. The number of furan rings is 1. The number of fused-ring (bicyclic) bond motifs is 1. The van der Waals surface area contributed by atoms with Gasteiger partial charge in [-0.25, -0.2) is 0 Å². The summed E-state index contributed by atoms with van der Waals surface area (Å²) in [6.07, 6.45) is 3.30. The van der Waals surface area contributed by atoms with E-state index in [1.807, 2.05) is 24.3 Å². The number of hydrogen-bond donors (Lipinski definition) is 2. The topological polar surface area (TPSA) is 232 Å². The van der Waals surface area contributed by atoms with Gasteiger partial charge in [-0.05, 0) is 42.5 Å². The van der Waals surface area contributed by atoms with Crippen molar-refractivity contribution in [3.05, 3.63) is 111 Å².